The number of carbonyl (C=O) groups is 1. The maximum atomic E-state index is 10.8. The van der Waals surface area contributed by atoms with E-state index in [1.807, 2.05) is 24.3 Å². The number of hydrogen-bond donors (Lipinski definition) is 3. The van der Waals surface area contributed by atoms with Gasteiger partial charge in [0.2, 0.25) is 5.95 Å². The van der Waals surface area contributed by atoms with E-state index in [1.165, 1.54) is 10.2 Å². The summed E-state index contributed by atoms with van der Waals surface area (Å²) < 4.78 is 6.73. The summed E-state index contributed by atoms with van der Waals surface area (Å²) in [4.78, 5) is 22.2. The first-order valence-corrected chi connectivity index (χ1v) is 10.5. The first-order chi connectivity index (χ1) is 15.7. The van der Waals surface area contributed by atoms with Crippen molar-refractivity contribution in [2.75, 3.05) is 48.4 Å². The van der Waals surface area contributed by atoms with E-state index in [0.717, 1.165) is 37.7 Å². The molecule has 3 N–H and O–H groups in total. The number of aliphatic carboxylic acids is 1. The molecule has 3 heterocycles. The molecule has 3 aromatic rings. The minimum Gasteiger partial charge on any atom is -0.480 e. The maximum Gasteiger partial charge on any atom is 0.325 e. The van der Waals surface area contributed by atoms with Crippen molar-refractivity contribution >= 4 is 23.6 Å². The van der Waals surface area contributed by atoms with Crippen LogP contribution in [0.15, 0.2) is 42.6 Å². The largest absolute Gasteiger partial charge is 0.480 e. The molecular formula is C21H26N8O3. The van der Waals surface area contributed by atoms with Gasteiger partial charge in [0.25, 0.3) is 0 Å². The molecular weight excluding hydrogens is 412 g/mol. The van der Waals surface area contributed by atoms with Crippen LogP contribution in [0.3, 0.4) is 0 Å². The van der Waals surface area contributed by atoms with Crippen molar-refractivity contribution in [2.45, 2.75) is 19.5 Å². The zero-order valence-electron chi connectivity index (χ0n) is 17.6. The van der Waals surface area contributed by atoms with Crippen LogP contribution in [0.4, 0.5) is 17.6 Å². The summed E-state index contributed by atoms with van der Waals surface area (Å²) in [5, 5.41) is 23.2. The number of ether oxygens (including phenoxy) is 1. The van der Waals surface area contributed by atoms with Crippen molar-refractivity contribution in [1.29, 1.82) is 0 Å². The molecule has 1 saturated heterocycles. The summed E-state index contributed by atoms with van der Waals surface area (Å²) in [6.07, 6.45) is 2.47. The SMILES string of the molecule is O=C(O)Cn1cc(CNc2nc(NCCc3ccccc3)cc(N3CCOCC3)n2)nn1. The second-order valence-electron chi connectivity index (χ2n) is 7.35. The minimum atomic E-state index is -0.970. The van der Waals surface area contributed by atoms with Crippen LogP contribution in [0.2, 0.25) is 0 Å². The average Bonchev–Trinajstić information content (AvgIpc) is 3.25. The molecule has 1 aromatic carbocycles. The van der Waals surface area contributed by atoms with Crippen LogP contribution in [0.25, 0.3) is 0 Å². The molecule has 0 bridgehead atoms. The van der Waals surface area contributed by atoms with E-state index in [2.05, 4.69) is 47.9 Å². The Bertz CT molecular complexity index is 1020. The topological polar surface area (TPSA) is 130 Å². The molecule has 2 aromatic heterocycles. The second-order valence-corrected chi connectivity index (χ2v) is 7.35. The van der Waals surface area contributed by atoms with Gasteiger partial charge in [0.15, 0.2) is 0 Å². The molecule has 11 nitrogen and oxygen atoms in total. The van der Waals surface area contributed by atoms with Gasteiger partial charge in [-0.05, 0) is 12.0 Å². The van der Waals surface area contributed by atoms with Crippen molar-refractivity contribution in [3.8, 4) is 0 Å². The molecule has 168 valence electrons. The third-order valence-electron chi connectivity index (χ3n) is 4.92. The van der Waals surface area contributed by atoms with Crippen LogP contribution in [0.5, 0.6) is 0 Å². The number of rotatable bonds is 10. The third-order valence-corrected chi connectivity index (χ3v) is 4.92. The van der Waals surface area contributed by atoms with Gasteiger partial charge in [0.1, 0.15) is 23.9 Å². The van der Waals surface area contributed by atoms with E-state index in [0.29, 0.717) is 31.4 Å². The number of morpholine rings is 1. The van der Waals surface area contributed by atoms with Crippen LogP contribution in [-0.2, 0) is 29.0 Å². The Morgan fingerprint density at radius 2 is 1.94 bits per heavy atom. The molecule has 1 aliphatic rings. The van der Waals surface area contributed by atoms with E-state index in [-0.39, 0.29) is 6.54 Å². The van der Waals surface area contributed by atoms with Crippen molar-refractivity contribution in [3.63, 3.8) is 0 Å². The van der Waals surface area contributed by atoms with Crippen LogP contribution < -0.4 is 15.5 Å². The van der Waals surface area contributed by atoms with Crippen molar-refractivity contribution in [3.05, 3.63) is 53.9 Å². The number of hydrogen-bond acceptors (Lipinski definition) is 9. The predicted molar refractivity (Wildman–Crippen MR) is 119 cm³/mol. The number of carboxylic acid groups (broad SMARTS) is 1. The molecule has 0 spiro atoms. The molecule has 0 saturated carbocycles. The molecule has 0 amide bonds. The molecule has 0 radical (unpaired) electrons. The number of anilines is 3. The Balaban J connectivity index is 1.43. The molecule has 0 aliphatic carbocycles. The number of carboxylic acids is 1. The summed E-state index contributed by atoms with van der Waals surface area (Å²) in [5.41, 5.74) is 1.86. The molecule has 32 heavy (non-hydrogen) atoms. The van der Waals surface area contributed by atoms with Gasteiger partial charge in [-0.25, -0.2) is 4.68 Å². The lowest BCUT2D eigenvalue weighted by Crippen LogP contribution is -2.37. The molecule has 0 atom stereocenters. The maximum absolute atomic E-state index is 10.8. The fourth-order valence-corrected chi connectivity index (χ4v) is 3.34. The molecule has 0 unspecified atom stereocenters. The quantitative estimate of drug-likeness (QED) is 0.425. The van der Waals surface area contributed by atoms with Gasteiger partial charge >= 0.3 is 5.97 Å². The Labute approximate surface area is 185 Å². The lowest BCUT2D eigenvalue weighted by Gasteiger charge is -2.28. The zero-order chi connectivity index (χ0) is 22.2. The summed E-state index contributed by atoms with van der Waals surface area (Å²) in [5.74, 6) is 1.04. The zero-order valence-corrected chi connectivity index (χ0v) is 17.6. The molecule has 4 rings (SSSR count). The Kier molecular flexibility index (Phi) is 7.08. The highest BCUT2D eigenvalue weighted by atomic mass is 16.5. The van der Waals surface area contributed by atoms with Gasteiger partial charge in [-0.2, -0.15) is 9.97 Å². The molecule has 11 heteroatoms. The lowest BCUT2D eigenvalue weighted by atomic mass is 10.1. The monoisotopic (exact) mass is 438 g/mol. The predicted octanol–water partition coefficient (Wildman–Crippen LogP) is 1.26. The smallest absolute Gasteiger partial charge is 0.325 e. The normalized spacial score (nSPS) is 13.7. The average molecular weight is 438 g/mol. The molecule has 1 aliphatic heterocycles. The van der Waals surface area contributed by atoms with Gasteiger partial charge in [-0.1, -0.05) is 35.5 Å². The third kappa shape index (κ3) is 6.14. The second kappa shape index (κ2) is 10.5. The molecule has 1 fully saturated rings. The lowest BCUT2D eigenvalue weighted by molar-refractivity contribution is -0.137. The van der Waals surface area contributed by atoms with Crippen LogP contribution in [0, 0.1) is 0 Å². The van der Waals surface area contributed by atoms with Crippen LogP contribution in [0.1, 0.15) is 11.3 Å². The van der Waals surface area contributed by atoms with Crippen LogP contribution in [-0.4, -0.2) is 68.9 Å². The first-order valence-electron chi connectivity index (χ1n) is 10.5. The van der Waals surface area contributed by atoms with E-state index in [9.17, 15) is 4.79 Å². The van der Waals surface area contributed by atoms with Gasteiger partial charge < -0.3 is 25.4 Å². The van der Waals surface area contributed by atoms with E-state index < -0.39 is 5.97 Å². The highest BCUT2D eigenvalue weighted by Crippen LogP contribution is 2.20. The summed E-state index contributed by atoms with van der Waals surface area (Å²) in [6, 6.07) is 12.2. The van der Waals surface area contributed by atoms with Gasteiger partial charge in [-0.15, -0.1) is 5.10 Å². The summed E-state index contributed by atoms with van der Waals surface area (Å²) >= 11 is 0. The fraction of sp³-hybridized carbons (Fsp3) is 0.381. The summed E-state index contributed by atoms with van der Waals surface area (Å²) in [6.45, 7) is 3.70. The van der Waals surface area contributed by atoms with Crippen molar-refractivity contribution < 1.29 is 14.6 Å². The Morgan fingerprint density at radius 1 is 1.12 bits per heavy atom. The highest BCUT2D eigenvalue weighted by Gasteiger charge is 2.15. The number of benzene rings is 1. The van der Waals surface area contributed by atoms with Gasteiger partial charge in [0, 0.05) is 25.7 Å². The standard InChI is InChI=1S/C21H26N8O3/c30-20(31)15-29-14-17(26-27-29)13-23-21-24-18(22-7-6-16-4-2-1-3-5-16)12-19(25-21)28-8-10-32-11-9-28/h1-5,12,14H,6-11,13,15H2,(H,30,31)(H2,22,23,24,25). The van der Waals surface area contributed by atoms with Crippen molar-refractivity contribution in [1.82, 2.24) is 25.0 Å². The number of nitrogens with zero attached hydrogens (tertiary/aromatic N) is 6. The Morgan fingerprint density at radius 3 is 2.72 bits per heavy atom. The number of aromatic nitrogens is 5. The minimum absolute atomic E-state index is 0.231. The van der Waals surface area contributed by atoms with Crippen molar-refractivity contribution in [2.24, 2.45) is 0 Å². The first kappa shape index (κ1) is 21.5. The van der Waals surface area contributed by atoms with E-state index in [4.69, 9.17) is 9.84 Å². The fourth-order valence-electron chi connectivity index (χ4n) is 3.34. The Hall–Kier alpha value is -3.73. The summed E-state index contributed by atoms with van der Waals surface area (Å²) in [7, 11) is 0. The van der Waals surface area contributed by atoms with Gasteiger partial charge in [0.05, 0.1) is 26.0 Å². The highest BCUT2D eigenvalue weighted by molar-refractivity contribution is 5.66. The van der Waals surface area contributed by atoms with Gasteiger partial charge in [-0.3, -0.25) is 4.79 Å². The van der Waals surface area contributed by atoms with E-state index >= 15 is 0 Å². The number of nitrogens with one attached hydrogen (secondary N) is 2. The van der Waals surface area contributed by atoms with E-state index in [1.54, 1.807) is 6.20 Å². The van der Waals surface area contributed by atoms with Crippen LogP contribution >= 0.6 is 0 Å².